The number of anilines is 1. The number of esters is 1. The Morgan fingerprint density at radius 1 is 1.27 bits per heavy atom. The summed E-state index contributed by atoms with van der Waals surface area (Å²) in [5.74, 6) is -1.42. The van der Waals surface area contributed by atoms with Gasteiger partial charge in [0, 0.05) is 4.88 Å². The number of aryl methyl sites for hydroxylation is 2. The summed E-state index contributed by atoms with van der Waals surface area (Å²) in [7, 11) is 0. The molecule has 2 aromatic rings. The predicted octanol–water partition coefficient (Wildman–Crippen LogP) is 4.40. The zero-order chi connectivity index (χ0) is 19.3. The van der Waals surface area contributed by atoms with Gasteiger partial charge in [0.05, 0.1) is 5.69 Å². The summed E-state index contributed by atoms with van der Waals surface area (Å²) in [6, 6.07) is 7.51. The van der Waals surface area contributed by atoms with E-state index in [9.17, 15) is 18.4 Å². The number of ether oxygens (including phenoxy) is 2. The molecule has 26 heavy (non-hydrogen) atoms. The molecule has 0 saturated heterocycles. The van der Waals surface area contributed by atoms with E-state index in [2.05, 4.69) is 10.1 Å². The molecule has 1 amide bonds. The first-order chi connectivity index (χ1) is 12.3. The van der Waals surface area contributed by atoms with E-state index in [0.29, 0.717) is 4.88 Å². The number of alkyl halides is 2. The van der Waals surface area contributed by atoms with Gasteiger partial charge < -0.3 is 14.8 Å². The smallest absolute Gasteiger partial charge is 0.387 e. The minimum atomic E-state index is -3.02. The molecule has 1 heterocycles. The maximum atomic E-state index is 12.4. The second kappa shape index (κ2) is 8.75. The minimum absolute atomic E-state index is 0.0703. The summed E-state index contributed by atoms with van der Waals surface area (Å²) >= 11 is 1.32. The molecule has 0 aliphatic carbocycles. The van der Waals surface area contributed by atoms with Crippen LogP contribution >= 0.6 is 11.3 Å². The number of carbonyl (C=O) groups excluding carboxylic acids is 2. The summed E-state index contributed by atoms with van der Waals surface area (Å²) in [5, 5.41) is 2.43. The maximum absolute atomic E-state index is 12.4. The molecule has 0 spiro atoms. The van der Waals surface area contributed by atoms with E-state index in [0.717, 1.165) is 16.9 Å². The van der Waals surface area contributed by atoms with Crippen LogP contribution in [-0.2, 0) is 16.0 Å². The van der Waals surface area contributed by atoms with Gasteiger partial charge in [-0.3, -0.25) is 4.79 Å². The lowest BCUT2D eigenvalue weighted by Gasteiger charge is -2.15. The van der Waals surface area contributed by atoms with Crippen molar-refractivity contribution in [3.05, 3.63) is 45.6 Å². The molecule has 0 saturated carbocycles. The van der Waals surface area contributed by atoms with Gasteiger partial charge in [0.2, 0.25) is 0 Å². The fraction of sp³-hybridized carbons (Fsp3) is 0.333. The molecule has 140 valence electrons. The normalized spacial score (nSPS) is 11.9. The number of thiophene rings is 1. The fourth-order valence-electron chi connectivity index (χ4n) is 2.25. The molecule has 0 aliphatic heterocycles. The lowest BCUT2D eigenvalue weighted by atomic mass is 10.2. The molecule has 1 N–H and O–H groups in total. The zero-order valence-corrected chi connectivity index (χ0v) is 15.4. The summed E-state index contributed by atoms with van der Waals surface area (Å²) in [6.45, 7) is 2.29. The molecular formula is C18H19F2NO4S. The van der Waals surface area contributed by atoms with Gasteiger partial charge in [-0.1, -0.05) is 19.1 Å². The number of para-hydroxylation sites is 2. The van der Waals surface area contributed by atoms with Crippen LogP contribution in [-0.4, -0.2) is 24.6 Å². The molecule has 0 fully saturated rings. The van der Waals surface area contributed by atoms with Crippen LogP contribution in [0.5, 0.6) is 5.75 Å². The van der Waals surface area contributed by atoms with E-state index in [1.165, 1.54) is 36.5 Å². The monoisotopic (exact) mass is 383 g/mol. The third-order valence-corrected chi connectivity index (χ3v) is 4.92. The van der Waals surface area contributed by atoms with Crippen molar-refractivity contribution in [2.24, 2.45) is 0 Å². The van der Waals surface area contributed by atoms with Crippen LogP contribution < -0.4 is 10.1 Å². The first-order valence-electron chi connectivity index (χ1n) is 7.96. The fourth-order valence-corrected chi connectivity index (χ4v) is 3.24. The van der Waals surface area contributed by atoms with Crippen molar-refractivity contribution >= 4 is 28.9 Å². The summed E-state index contributed by atoms with van der Waals surface area (Å²) < 4.78 is 34.4. The number of benzene rings is 1. The Labute approximate surface area is 153 Å². The highest BCUT2D eigenvalue weighted by Gasteiger charge is 2.22. The second-order valence-corrected chi connectivity index (χ2v) is 6.62. The van der Waals surface area contributed by atoms with Crippen LogP contribution in [0.3, 0.4) is 0 Å². The van der Waals surface area contributed by atoms with Crippen molar-refractivity contribution in [1.82, 2.24) is 0 Å². The molecule has 1 aromatic heterocycles. The number of nitrogens with one attached hydrogen (secondary N) is 1. The van der Waals surface area contributed by atoms with Gasteiger partial charge in [-0.2, -0.15) is 8.78 Å². The Hall–Kier alpha value is -2.48. The van der Waals surface area contributed by atoms with Crippen LogP contribution in [0, 0.1) is 6.92 Å². The number of hydrogen-bond donors (Lipinski definition) is 1. The van der Waals surface area contributed by atoms with E-state index in [1.807, 2.05) is 13.8 Å². The first-order valence-corrected chi connectivity index (χ1v) is 8.78. The molecule has 8 heteroatoms. The number of amides is 1. The van der Waals surface area contributed by atoms with Crippen molar-refractivity contribution in [3.63, 3.8) is 0 Å². The molecule has 0 aliphatic rings. The van der Waals surface area contributed by atoms with Crippen LogP contribution in [0.25, 0.3) is 0 Å². The van der Waals surface area contributed by atoms with Crippen molar-refractivity contribution < 1.29 is 27.8 Å². The van der Waals surface area contributed by atoms with Crippen LogP contribution in [0.15, 0.2) is 30.3 Å². The molecule has 0 bridgehead atoms. The molecule has 1 aromatic carbocycles. The van der Waals surface area contributed by atoms with Gasteiger partial charge in [0.15, 0.2) is 6.10 Å². The van der Waals surface area contributed by atoms with Gasteiger partial charge in [-0.05, 0) is 44.0 Å². The zero-order valence-electron chi connectivity index (χ0n) is 14.5. The van der Waals surface area contributed by atoms with E-state index < -0.39 is 24.6 Å². The maximum Gasteiger partial charge on any atom is 0.387 e. The molecule has 1 atom stereocenters. The summed E-state index contributed by atoms with van der Waals surface area (Å²) in [5.41, 5.74) is 1.07. The quantitative estimate of drug-likeness (QED) is 0.720. The van der Waals surface area contributed by atoms with Gasteiger partial charge in [-0.25, -0.2) is 4.79 Å². The van der Waals surface area contributed by atoms with Crippen molar-refractivity contribution in [2.45, 2.75) is 39.9 Å². The lowest BCUT2D eigenvalue weighted by Crippen LogP contribution is -2.30. The Balaban J connectivity index is 2.02. The number of rotatable bonds is 7. The second-order valence-electron chi connectivity index (χ2n) is 5.48. The molecule has 0 radical (unpaired) electrons. The van der Waals surface area contributed by atoms with Crippen LogP contribution in [0.1, 0.15) is 34.0 Å². The third kappa shape index (κ3) is 5.01. The van der Waals surface area contributed by atoms with E-state index in [-0.39, 0.29) is 11.4 Å². The van der Waals surface area contributed by atoms with Gasteiger partial charge in [0.25, 0.3) is 5.91 Å². The van der Waals surface area contributed by atoms with E-state index >= 15 is 0 Å². The topological polar surface area (TPSA) is 64.6 Å². The van der Waals surface area contributed by atoms with Crippen LogP contribution in [0.4, 0.5) is 14.5 Å². The molecule has 2 rings (SSSR count). The SMILES string of the molecule is CCc1sc(C(=O)O[C@@H](C)C(=O)Nc2ccccc2OC(F)F)cc1C. The summed E-state index contributed by atoms with van der Waals surface area (Å²) in [4.78, 5) is 25.9. The highest BCUT2D eigenvalue weighted by atomic mass is 32.1. The average Bonchev–Trinajstić information content (AvgIpc) is 2.97. The average molecular weight is 383 g/mol. The number of halogens is 2. The molecule has 5 nitrogen and oxygen atoms in total. The molecular weight excluding hydrogens is 364 g/mol. The highest BCUT2D eigenvalue weighted by Crippen LogP contribution is 2.26. The Kier molecular flexibility index (Phi) is 6.68. The minimum Gasteiger partial charge on any atom is -0.448 e. The highest BCUT2D eigenvalue weighted by molar-refractivity contribution is 7.14. The van der Waals surface area contributed by atoms with Crippen molar-refractivity contribution in [2.75, 3.05) is 5.32 Å². The molecule has 0 unspecified atom stereocenters. The van der Waals surface area contributed by atoms with Gasteiger partial charge >= 0.3 is 12.6 Å². The number of carbonyl (C=O) groups is 2. The van der Waals surface area contributed by atoms with Crippen molar-refractivity contribution in [1.29, 1.82) is 0 Å². The van der Waals surface area contributed by atoms with Gasteiger partial charge in [-0.15, -0.1) is 11.3 Å². The Bertz CT molecular complexity index is 791. The third-order valence-electron chi connectivity index (χ3n) is 3.56. The van der Waals surface area contributed by atoms with E-state index in [1.54, 1.807) is 12.1 Å². The lowest BCUT2D eigenvalue weighted by molar-refractivity contribution is -0.123. The Morgan fingerprint density at radius 2 is 1.96 bits per heavy atom. The van der Waals surface area contributed by atoms with Crippen molar-refractivity contribution in [3.8, 4) is 5.75 Å². The summed E-state index contributed by atoms with van der Waals surface area (Å²) in [6.07, 6.45) is -0.296. The van der Waals surface area contributed by atoms with E-state index in [4.69, 9.17) is 4.74 Å². The largest absolute Gasteiger partial charge is 0.448 e. The van der Waals surface area contributed by atoms with Gasteiger partial charge in [0.1, 0.15) is 10.6 Å². The number of hydrogen-bond acceptors (Lipinski definition) is 5. The Morgan fingerprint density at radius 3 is 2.58 bits per heavy atom. The van der Waals surface area contributed by atoms with Crippen LogP contribution in [0.2, 0.25) is 0 Å². The predicted molar refractivity (Wildman–Crippen MR) is 95.0 cm³/mol. The standard InChI is InChI=1S/C18H19F2NO4S/c1-4-14-10(2)9-15(26-14)17(23)24-11(3)16(22)21-12-7-5-6-8-13(12)25-18(19)20/h5-9,11,18H,4H2,1-3H3,(H,21,22)/t11-/m0/s1. The first kappa shape index (κ1) is 19.8.